The Morgan fingerprint density at radius 2 is 2.11 bits per heavy atom. The fourth-order valence-corrected chi connectivity index (χ4v) is 3.23. The molecule has 1 heterocycles. The molecule has 1 saturated carbocycles. The number of aryl methyl sites for hydroxylation is 2. The van der Waals surface area contributed by atoms with Crippen LogP contribution in [0.5, 0.6) is 0 Å². The highest BCUT2D eigenvalue weighted by Gasteiger charge is 2.23. The highest BCUT2D eigenvalue weighted by molar-refractivity contribution is 5.13. The number of rotatable bonds is 6. The van der Waals surface area contributed by atoms with Crippen LogP contribution >= 0.6 is 0 Å². The lowest BCUT2D eigenvalue weighted by Gasteiger charge is -2.22. The van der Waals surface area contributed by atoms with Gasteiger partial charge in [0, 0.05) is 12.6 Å². The Morgan fingerprint density at radius 1 is 1.39 bits per heavy atom. The molecule has 1 aliphatic carbocycles. The zero-order chi connectivity index (χ0) is 13.0. The third kappa shape index (κ3) is 3.14. The van der Waals surface area contributed by atoms with Crippen LogP contribution in [0.2, 0.25) is 0 Å². The minimum Gasteiger partial charge on any atom is -0.309 e. The third-order valence-electron chi connectivity index (χ3n) is 4.08. The quantitative estimate of drug-likeness (QED) is 0.837. The number of nitrogens with one attached hydrogen (secondary N) is 1. The van der Waals surface area contributed by atoms with Gasteiger partial charge < -0.3 is 5.32 Å². The molecule has 1 atom stereocenters. The van der Waals surface area contributed by atoms with Crippen molar-refractivity contribution in [3.05, 3.63) is 17.5 Å². The lowest BCUT2D eigenvalue weighted by atomic mass is 9.96. The van der Waals surface area contributed by atoms with Gasteiger partial charge in [-0.3, -0.25) is 4.68 Å². The van der Waals surface area contributed by atoms with E-state index in [9.17, 15) is 0 Å². The van der Waals surface area contributed by atoms with Gasteiger partial charge in [-0.2, -0.15) is 5.10 Å². The van der Waals surface area contributed by atoms with E-state index in [1.807, 2.05) is 0 Å². The second-order valence-electron chi connectivity index (χ2n) is 5.52. The van der Waals surface area contributed by atoms with Crippen LogP contribution in [0, 0.1) is 12.8 Å². The zero-order valence-corrected chi connectivity index (χ0v) is 12.1. The summed E-state index contributed by atoms with van der Waals surface area (Å²) in [5.41, 5.74) is 2.52. The first-order chi connectivity index (χ1) is 8.74. The molecule has 2 rings (SSSR count). The molecule has 0 saturated heterocycles. The van der Waals surface area contributed by atoms with Gasteiger partial charge in [0.1, 0.15) is 0 Å². The predicted molar refractivity (Wildman–Crippen MR) is 75.6 cm³/mol. The van der Waals surface area contributed by atoms with Crippen molar-refractivity contribution >= 4 is 0 Å². The molecule has 1 aliphatic rings. The van der Waals surface area contributed by atoms with Gasteiger partial charge in [-0.05, 0) is 38.8 Å². The van der Waals surface area contributed by atoms with Crippen molar-refractivity contribution in [2.24, 2.45) is 5.92 Å². The van der Waals surface area contributed by atoms with Gasteiger partial charge in [-0.15, -0.1) is 0 Å². The van der Waals surface area contributed by atoms with Crippen molar-refractivity contribution < 1.29 is 0 Å². The van der Waals surface area contributed by atoms with E-state index in [0.29, 0.717) is 6.04 Å². The lowest BCUT2D eigenvalue weighted by molar-refractivity contribution is 0.381. The smallest absolute Gasteiger partial charge is 0.0597 e. The van der Waals surface area contributed by atoms with E-state index in [0.717, 1.165) is 24.7 Å². The van der Waals surface area contributed by atoms with Crippen molar-refractivity contribution in [3.63, 3.8) is 0 Å². The van der Waals surface area contributed by atoms with Crippen LogP contribution in [0.1, 0.15) is 63.4 Å². The molecule has 0 radical (unpaired) electrons. The van der Waals surface area contributed by atoms with Gasteiger partial charge in [0.25, 0.3) is 0 Å². The average Bonchev–Trinajstić information content (AvgIpc) is 2.97. The maximum atomic E-state index is 4.58. The number of hydrogen-bond acceptors (Lipinski definition) is 2. The molecule has 0 amide bonds. The molecule has 1 N–H and O–H groups in total. The van der Waals surface area contributed by atoms with E-state index in [1.165, 1.54) is 37.8 Å². The first-order valence-corrected chi connectivity index (χ1v) is 7.52. The minimum atomic E-state index is 0.485. The largest absolute Gasteiger partial charge is 0.309 e. The number of hydrogen-bond donors (Lipinski definition) is 1. The summed E-state index contributed by atoms with van der Waals surface area (Å²) in [7, 11) is 0. The SMILES string of the molecule is CCNC(CC1CCCC1)c1cc(C)nn1CC. The molecule has 0 aliphatic heterocycles. The summed E-state index contributed by atoms with van der Waals surface area (Å²) in [5, 5.41) is 8.24. The first-order valence-electron chi connectivity index (χ1n) is 7.52. The summed E-state index contributed by atoms with van der Waals surface area (Å²) in [6, 6.07) is 2.74. The molecule has 1 aromatic heterocycles. The Labute approximate surface area is 111 Å². The van der Waals surface area contributed by atoms with E-state index in [1.54, 1.807) is 0 Å². The van der Waals surface area contributed by atoms with Gasteiger partial charge in [0.05, 0.1) is 11.4 Å². The Balaban J connectivity index is 2.11. The van der Waals surface area contributed by atoms with E-state index in [4.69, 9.17) is 0 Å². The van der Waals surface area contributed by atoms with Crippen molar-refractivity contribution in [3.8, 4) is 0 Å². The second kappa shape index (κ2) is 6.37. The van der Waals surface area contributed by atoms with Crippen molar-refractivity contribution in [2.45, 2.75) is 65.5 Å². The summed E-state index contributed by atoms with van der Waals surface area (Å²) in [6.45, 7) is 8.46. The molecule has 18 heavy (non-hydrogen) atoms. The van der Waals surface area contributed by atoms with Gasteiger partial charge in [0.2, 0.25) is 0 Å². The highest BCUT2D eigenvalue weighted by atomic mass is 15.3. The van der Waals surface area contributed by atoms with Gasteiger partial charge in [-0.25, -0.2) is 0 Å². The third-order valence-corrected chi connectivity index (χ3v) is 4.08. The van der Waals surface area contributed by atoms with Crippen molar-refractivity contribution in [2.75, 3.05) is 6.54 Å². The summed E-state index contributed by atoms with van der Waals surface area (Å²) < 4.78 is 2.16. The van der Waals surface area contributed by atoms with E-state index in [2.05, 4.69) is 41.9 Å². The molecular weight excluding hydrogens is 222 g/mol. The minimum absolute atomic E-state index is 0.485. The molecule has 0 bridgehead atoms. The maximum absolute atomic E-state index is 4.58. The van der Waals surface area contributed by atoms with Crippen LogP contribution in [0.15, 0.2) is 6.07 Å². The lowest BCUT2D eigenvalue weighted by Crippen LogP contribution is -2.25. The van der Waals surface area contributed by atoms with Crippen LogP contribution in [0.4, 0.5) is 0 Å². The first kappa shape index (κ1) is 13.6. The summed E-state index contributed by atoms with van der Waals surface area (Å²) >= 11 is 0. The van der Waals surface area contributed by atoms with Crippen molar-refractivity contribution in [1.29, 1.82) is 0 Å². The maximum Gasteiger partial charge on any atom is 0.0597 e. The molecule has 3 heteroatoms. The summed E-state index contributed by atoms with van der Waals surface area (Å²) in [6.07, 6.45) is 6.96. The Bertz CT molecular complexity index is 364. The number of nitrogens with zero attached hydrogens (tertiary/aromatic N) is 2. The van der Waals surface area contributed by atoms with Crippen LogP contribution in [0.3, 0.4) is 0 Å². The normalized spacial score (nSPS) is 18.4. The van der Waals surface area contributed by atoms with E-state index < -0.39 is 0 Å². The fraction of sp³-hybridized carbons (Fsp3) is 0.800. The van der Waals surface area contributed by atoms with Crippen molar-refractivity contribution in [1.82, 2.24) is 15.1 Å². The molecule has 102 valence electrons. The summed E-state index contributed by atoms with van der Waals surface area (Å²) in [4.78, 5) is 0. The van der Waals surface area contributed by atoms with E-state index in [-0.39, 0.29) is 0 Å². The summed E-state index contributed by atoms with van der Waals surface area (Å²) in [5.74, 6) is 0.912. The van der Waals surface area contributed by atoms with Gasteiger partial charge in [0.15, 0.2) is 0 Å². The average molecular weight is 249 g/mol. The monoisotopic (exact) mass is 249 g/mol. The molecular formula is C15H27N3. The van der Waals surface area contributed by atoms with Gasteiger partial charge in [-0.1, -0.05) is 32.6 Å². The standard InChI is InChI=1S/C15H27N3/c1-4-16-14(11-13-8-6-7-9-13)15-10-12(3)17-18(15)5-2/h10,13-14,16H,4-9,11H2,1-3H3. The Hall–Kier alpha value is -0.830. The molecule has 1 unspecified atom stereocenters. The van der Waals surface area contributed by atoms with Crippen LogP contribution in [-0.2, 0) is 6.54 Å². The molecule has 3 nitrogen and oxygen atoms in total. The van der Waals surface area contributed by atoms with Crippen LogP contribution < -0.4 is 5.32 Å². The van der Waals surface area contributed by atoms with E-state index >= 15 is 0 Å². The number of aromatic nitrogens is 2. The van der Waals surface area contributed by atoms with Crippen LogP contribution in [-0.4, -0.2) is 16.3 Å². The Morgan fingerprint density at radius 3 is 2.72 bits per heavy atom. The molecule has 0 aromatic carbocycles. The molecule has 1 fully saturated rings. The van der Waals surface area contributed by atoms with Gasteiger partial charge >= 0.3 is 0 Å². The topological polar surface area (TPSA) is 29.9 Å². The van der Waals surface area contributed by atoms with Crippen LogP contribution in [0.25, 0.3) is 0 Å². The zero-order valence-electron chi connectivity index (χ0n) is 12.1. The second-order valence-corrected chi connectivity index (χ2v) is 5.52. The highest BCUT2D eigenvalue weighted by Crippen LogP contribution is 2.33. The molecule has 0 spiro atoms. The predicted octanol–water partition coefficient (Wildman–Crippen LogP) is 3.44. The Kier molecular flexibility index (Phi) is 4.81. The molecule has 1 aromatic rings. The fourth-order valence-electron chi connectivity index (χ4n) is 3.23.